The first-order valence-electron chi connectivity index (χ1n) is 12.8. The quantitative estimate of drug-likeness (QED) is 0.217. The van der Waals surface area contributed by atoms with Gasteiger partial charge in [0.05, 0.1) is 18.5 Å². The fraction of sp³-hybridized carbons (Fsp3) is 0.156. The number of aromatic nitrogens is 2. The molecule has 0 bridgehead atoms. The van der Waals surface area contributed by atoms with Crippen molar-refractivity contribution in [3.63, 3.8) is 0 Å². The molecule has 0 saturated heterocycles. The SMILES string of the molecule is CCOc1cccc(COC(=O)c2nn(Cc3ccccc3)c(=O)c3ccccc23)c1OCc1ccccc1. The molecule has 5 aromatic rings. The topological polar surface area (TPSA) is 79.7 Å². The third-order valence-corrected chi connectivity index (χ3v) is 6.18. The monoisotopic (exact) mass is 520 g/mol. The van der Waals surface area contributed by atoms with Crippen LogP contribution >= 0.6 is 0 Å². The van der Waals surface area contributed by atoms with Crippen LogP contribution in [0.25, 0.3) is 10.8 Å². The van der Waals surface area contributed by atoms with Crippen molar-refractivity contribution >= 4 is 16.7 Å². The average Bonchev–Trinajstić information content (AvgIpc) is 2.98. The molecule has 0 saturated carbocycles. The molecule has 7 nitrogen and oxygen atoms in total. The summed E-state index contributed by atoms with van der Waals surface area (Å²) in [6, 6.07) is 31.7. The first kappa shape index (κ1) is 25.7. The van der Waals surface area contributed by atoms with E-state index in [4.69, 9.17) is 14.2 Å². The average molecular weight is 521 g/mol. The zero-order chi connectivity index (χ0) is 27.0. The number of esters is 1. The summed E-state index contributed by atoms with van der Waals surface area (Å²) in [4.78, 5) is 26.5. The van der Waals surface area contributed by atoms with Crippen molar-refractivity contribution in [3.05, 3.63) is 136 Å². The Bertz CT molecular complexity index is 1630. The van der Waals surface area contributed by atoms with Crippen molar-refractivity contribution in [3.8, 4) is 11.5 Å². The van der Waals surface area contributed by atoms with Gasteiger partial charge in [-0.25, -0.2) is 9.48 Å². The van der Waals surface area contributed by atoms with Gasteiger partial charge in [-0.1, -0.05) is 91.0 Å². The van der Waals surface area contributed by atoms with Gasteiger partial charge in [-0.3, -0.25) is 4.79 Å². The van der Waals surface area contributed by atoms with Crippen molar-refractivity contribution in [2.24, 2.45) is 0 Å². The number of carbonyl (C=O) groups excluding carboxylic acids is 1. The number of para-hydroxylation sites is 1. The molecule has 7 heteroatoms. The van der Waals surface area contributed by atoms with E-state index in [2.05, 4.69) is 5.10 Å². The lowest BCUT2D eigenvalue weighted by Crippen LogP contribution is -2.27. The van der Waals surface area contributed by atoms with Gasteiger partial charge in [0.1, 0.15) is 13.2 Å². The fourth-order valence-corrected chi connectivity index (χ4v) is 4.30. The minimum absolute atomic E-state index is 0.0578. The number of carbonyl (C=O) groups is 1. The molecule has 0 spiro atoms. The maximum absolute atomic E-state index is 13.4. The summed E-state index contributed by atoms with van der Waals surface area (Å²) in [5.74, 6) is 0.452. The Morgan fingerprint density at radius 2 is 1.41 bits per heavy atom. The van der Waals surface area contributed by atoms with Gasteiger partial charge >= 0.3 is 5.97 Å². The van der Waals surface area contributed by atoms with Crippen LogP contribution < -0.4 is 15.0 Å². The number of hydrogen-bond acceptors (Lipinski definition) is 6. The molecule has 0 aliphatic heterocycles. The normalized spacial score (nSPS) is 10.8. The molecule has 0 unspecified atom stereocenters. The zero-order valence-corrected chi connectivity index (χ0v) is 21.6. The lowest BCUT2D eigenvalue weighted by Gasteiger charge is -2.16. The molecule has 0 radical (unpaired) electrons. The molecule has 0 amide bonds. The first-order valence-corrected chi connectivity index (χ1v) is 12.8. The van der Waals surface area contributed by atoms with Crippen molar-refractivity contribution in [2.45, 2.75) is 26.7 Å². The van der Waals surface area contributed by atoms with Gasteiger partial charge in [-0.2, -0.15) is 5.10 Å². The van der Waals surface area contributed by atoms with Crippen LogP contribution in [-0.2, 0) is 24.5 Å². The summed E-state index contributed by atoms with van der Waals surface area (Å²) >= 11 is 0. The largest absolute Gasteiger partial charge is 0.490 e. The molecule has 0 atom stereocenters. The van der Waals surface area contributed by atoms with Crippen LogP contribution in [0.15, 0.2) is 108 Å². The lowest BCUT2D eigenvalue weighted by atomic mass is 10.1. The molecule has 196 valence electrons. The summed E-state index contributed by atoms with van der Waals surface area (Å²) in [5.41, 5.74) is 2.37. The van der Waals surface area contributed by atoms with Crippen molar-refractivity contribution in [2.75, 3.05) is 6.61 Å². The Hall–Kier alpha value is -4.91. The molecule has 39 heavy (non-hydrogen) atoms. The van der Waals surface area contributed by atoms with Gasteiger partial charge in [0, 0.05) is 10.9 Å². The Balaban J connectivity index is 1.42. The van der Waals surface area contributed by atoms with Crippen molar-refractivity contribution < 1.29 is 19.0 Å². The Kier molecular flexibility index (Phi) is 7.98. The molecule has 4 aromatic carbocycles. The van der Waals surface area contributed by atoms with Gasteiger partial charge in [0.25, 0.3) is 5.56 Å². The summed E-state index contributed by atoms with van der Waals surface area (Å²) in [6.07, 6.45) is 0. The van der Waals surface area contributed by atoms with Crippen LogP contribution in [0.1, 0.15) is 34.1 Å². The standard InChI is InChI=1S/C32H28N2O5/c1-2-37-28-19-11-16-25(30(28)38-21-24-14-7-4-8-15-24)22-39-32(36)29-26-17-9-10-18-27(26)31(35)34(33-29)20-23-12-5-3-6-13-23/h3-19H,2,20-22H2,1H3. The second-order valence-corrected chi connectivity index (χ2v) is 8.87. The Morgan fingerprint density at radius 1 is 0.744 bits per heavy atom. The van der Waals surface area contributed by atoms with Crippen LogP contribution in [-0.4, -0.2) is 22.4 Å². The number of fused-ring (bicyclic) bond motifs is 1. The van der Waals surface area contributed by atoms with E-state index >= 15 is 0 Å². The Morgan fingerprint density at radius 3 is 2.13 bits per heavy atom. The third kappa shape index (κ3) is 5.99. The van der Waals surface area contributed by atoms with Gasteiger partial charge in [0.2, 0.25) is 0 Å². The molecule has 0 aliphatic rings. The number of rotatable bonds is 10. The first-order chi connectivity index (χ1) is 19.1. The maximum Gasteiger partial charge on any atom is 0.359 e. The molecular formula is C32H28N2O5. The number of ether oxygens (including phenoxy) is 3. The minimum atomic E-state index is -0.635. The number of nitrogens with zero attached hydrogens (tertiary/aromatic N) is 2. The van der Waals surface area contributed by atoms with E-state index < -0.39 is 5.97 Å². The van der Waals surface area contributed by atoms with E-state index in [0.717, 1.165) is 11.1 Å². The highest BCUT2D eigenvalue weighted by atomic mass is 16.5. The molecular weight excluding hydrogens is 492 g/mol. The molecule has 0 aliphatic carbocycles. The van der Waals surface area contributed by atoms with Crippen molar-refractivity contribution in [1.82, 2.24) is 9.78 Å². The van der Waals surface area contributed by atoms with Gasteiger partial charge < -0.3 is 14.2 Å². The van der Waals surface area contributed by atoms with E-state index in [1.807, 2.05) is 85.8 Å². The van der Waals surface area contributed by atoms with Crippen LogP contribution in [0.2, 0.25) is 0 Å². The van der Waals surface area contributed by atoms with Crippen LogP contribution in [0, 0.1) is 0 Å². The summed E-state index contributed by atoms with van der Waals surface area (Å²) in [6.45, 7) is 2.87. The molecule has 5 rings (SSSR count). The molecule has 0 fully saturated rings. The van der Waals surface area contributed by atoms with Crippen LogP contribution in [0.4, 0.5) is 0 Å². The molecule has 1 aromatic heterocycles. The molecule has 0 N–H and O–H groups in total. The van der Waals surface area contributed by atoms with E-state index in [0.29, 0.717) is 41.0 Å². The number of hydrogen-bond donors (Lipinski definition) is 0. The highest BCUT2D eigenvalue weighted by Crippen LogP contribution is 2.33. The fourth-order valence-electron chi connectivity index (χ4n) is 4.30. The summed E-state index contributed by atoms with van der Waals surface area (Å²) in [7, 11) is 0. The second-order valence-electron chi connectivity index (χ2n) is 8.87. The van der Waals surface area contributed by atoms with Crippen molar-refractivity contribution in [1.29, 1.82) is 0 Å². The number of benzene rings is 4. The van der Waals surface area contributed by atoms with E-state index in [1.165, 1.54) is 4.68 Å². The van der Waals surface area contributed by atoms with Gasteiger partial charge in [-0.15, -0.1) is 0 Å². The maximum atomic E-state index is 13.4. The minimum Gasteiger partial charge on any atom is -0.490 e. The molecule has 1 heterocycles. The third-order valence-electron chi connectivity index (χ3n) is 6.18. The summed E-state index contributed by atoms with van der Waals surface area (Å²) < 4.78 is 19.0. The smallest absolute Gasteiger partial charge is 0.359 e. The predicted molar refractivity (Wildman–Crippen MR) is 149 cm³/mol. The zero-order valence-electron chi connectivity index (χ0n) is 21.6. The van der Waals surface area contributed by atoms with Gasteiger partial charge in [-0.05, 0) is 30.2 Å². The lowest BCUT2D eigenvalue weighted by molar-refractivity contribution is 0.0461. The second kappa shape index (κ2) is 12.1. The highest BCUT2D eigenvalue weighted by molar-refractivity contribution is 6.02. The Labute approximate surface area is 226 Å². The highest BCUT2D eigenvalue weighted by Gasteiger charge is 2.20. The summed E-state index contributed by atoms with van der Waals surface area (Å²) in [5, 5.41) is 5.28. The van der Waals surface area contributed by atoms with E-state index in [1.54, 1.807) is 24.3 Å². The predicted octanol–water partition coefficient (Wildman–Crippen LogP) is 5.78. The van der Waals surface area contributed by atoms with E-state index in [9.17, 15) is 9.59 Å². The van der Waals surface area contributed by atoms with E-state index in [-0.39, 0.29) is 24.4 Å². The van der Waals surface area contributed by atoms with Crippen LogP contribution in [0.5, 0.6) is 11.5 Å². The van der Waals surface area contributed by atoms with Gasteiger partial charge in [0.15, 0.2) is 17.2 Å². The van der Waals surface area contributed by atoms with Crippen LogP contribution in [0.3, 0.4) is 0 Å².